The average molecular weight is 268 g/mol. The minimum absolute atomic E-state index is 0.364. The molecule has 0 saturated carbocycles. The van der Waals surface area contributed by atoms with Crippen molar-refractivity contribution in [2.24, 2.45) is 0 Å². The summed E-state index contributed by atoms with van der Waals surface area (Å²) in [7, 11) is 0. The minimum atomic E-state index is 0.364. The maximum atomic E-state index is 6.03. The van der Waals surface area contributed by atoms with E-state index in [9.17, 15) is 0 Å². The number of benzene rings is 2. The van der Waals surface area contributed by atoms with E-state index in [0.29, 0.717) is 6.04 Å². The lowest BCUT2D eigenvalue weighted by Gasteiger charge is -2.28. The van der Waals surface area contributed by atoms with Crippen molar-refractivity contribution in [3.63, 3.8) is 0 Å². The zero-order valence-electron chi connectivity index (χ0n) is 12.6. The molecular formula is C18H24N2. The second kappa shape index (κ2) is 6.58. The molecule has 0 heterocycles. The van der Waals surface area contributed by atoms with Crippen molar-refractivity contribution >= 4 is 5.69 Å². The van der Waals surface area contributed by atoms with E-state index in [1.807, 2.05) is 6.92 Å². The van der Waals surface area contributed by atoms with Crippen molar-refractivity contribution in [2.45, 2.75) is 33.4 Å². The molecule has 2 nitrogen and oxygen atoms in total. The first-order valence-corrected chi connectivity index (χ1v) is 7.25. The third kappa shape index (κ3) is 3.40. The van der Waals surface area contributed by atoms with Crippen LogP contribution in [0.15, 0.2) is 48.5 Å². The molecule has 2 aromatic carbocycles. The molecule has 2 N–H and O–H groups in total. The summed E-state index contributed by atoms with van der Waals surface area (Å²) in [5, 5.41) is 0. The maximum absolute atomic E-state index is 6.03. The zero-order valence-corrected chi connectivity index (χ0v) is 12.6. The number of nitrogens with two attached hydrogens (primary N) is 1. The van der Waals surface area contributed by atoms with Gasteiger partial charge in [-0.3, -0.25) is 4.90 Å². The van der Waals surface area contributed by atoms with E-state index in [4.69, 9.17) is 5.73 Å². The molecular weight excluding hydrogens is 244 g/mol. The molecule has 0 aliphatic heterocycles. The molecule has 2 aromatic rings. The van der Waals surface area contributed by atoms with E-state index >= 15 is 0 Å². The summed E-state index contributed by atoms with van der Waals surface area (Å²) in [5.74, 6) is 0. The smallest absolute Gasteiger partial charge is 0.0347 e. The van der Waals surface area contributed by atoms with Gasteiger partial charge in [-0.25, -0.2) is 0 Å². The van der Waals surface area contributed by atoms with Gasteiger partial charge in [-0.05, 0) is 43.1 Å². The largest absolute Gasteiger partial charge is 0.399 e. The molecule has 0 bridgehead atoms. The molecule has 1 atom stereocenters. The molecule has 20 heavy (non-hydrogen) atoms. The van der Waals surface area contributed by atoms with Crippen LogP contribution in [0.25, 0.3) is 0 Å². The Labute approximate surface area is 122 Å². The SMILES string of the molecule is CCN(Cc1ccccc1)C(C)c1ccc(C)c(N)c1. The molecule has 0 saturated heterocycles. The number of hydrogen-bond acceptors (Lipinski definition) is 2. The molecule has 106 valence electrons. The lowest BCUT2D eigenvalue weighted by Crippen LogP contribution is -2.26. The van der Waals surface area contributed by atoms with Crippen LogP contribution in [-0.4, -0.2) is 11.4 Å². The molecule has 0 aliphatic carbocycles. The number of aryl methyl sites for hydroxylation is 1. The van der Waals surface area contributed by atoms with Crippen molar-refractivity contribution in [2.75, 3.05) is 12.3 Å². The van der Waals surface area contributed by atoms with Crippen LogP contribution in [0.4, 0.5) is 5.69 Å². The Hall–Kier alpha value is -1.80. The first-order chi connectivity index (χ1) is 9.61. The summed E-state index contributed by atoms with van der Waals surface area (Å²) in [6.07, 6.45) is 0. The van der Waals surface area contributed by atoms with Gasteiger partial charge < -0.3 is 5.73 Å². The summed E-state index contributed by atoms with van der Waals surface area (Å²) >= 11 is 0. The zero-order chi connectivity index (χ0) is 14.5. The van der Waals surface area contributed by atoms with Crippen LogP contribution >= 0.6 is 0 Å². The van der Waals surface area contributed by atoms with Crippen LogP contribution in [0.1, 0.15) is 36.6 Å². The first kappa shape index (κ1) is 14.6. The van der Waals surface area contributed by atoms with Gasteiger partial charge in [0.25, 0.3) is 0 Å². The first-order valence-electron chi connectivity index (χ1n) is 7.25. The van der Waals surface area contributed by atoms with E-state index < -0.39 is 0 Å². The van der Waals surface area contributed by atoms with E-state index in [1.54, 1.807) is 0 Å². The van der Waals surface area contributed by atoms with Crippen molar-refractivity contribution in [1.82, 2.24) is 4.90 Å². The van der Waals surface area contributed by atoms with Crippen molar-refractivity contribution in [3.05, 3.63) is 65.2 Å². The van der Waals surface area contributed by atoms with Crippen LogP contribution < -0.4 is 5.73 Å². The van der Waals surface area contributed by atoms with Crippen LogP contribution in [0.3, 0.4) is 0 Å². The maximum Gasteiger partial charge on any atom is 0.0347 e. The molecule has 2 rings (SSSR count). The Morgan fingerprint density at radius 1 is 1.10 bits per heavy atom. The number of nitrogen functional groups attached to an aromatic ring is 1. The fraction of sp³-hybridized carbons (Fsp3) is 0.333. The lowest BCUT2D eigenvalue weighted by atomic mass is 10.0. The molecule has 0 amide bonds. The van der Waals surface area contributed by atoms with Gasteiger partial charge in [-0.2, -0.15) is 0 Å². The van der Waals surface area contributed by atoms with Crippen LogP contribution in [0.5, 0.6) is 0 Å². The second-order valence-electron chi connectivity index (χ2n) is 5.34. The summed E-state index contributed by atoms with van der Waals surface area (Å²) in [5.41, 5.74) is 10.7. The third-order valence-electron chi connectivity index (χ3n) is 3.97. The third-order valence-corrected chi connectivity index (χ3v) is 3.97. The monoisotopic (exact) mass is 268 g/mol. The highest BCUT2D eigenvalue weighted by molar-refractivity contribution is 5.48. The van der Waals surface area contributed by atoms with Gasteiger partial charge in [0.1, 0.15) is 0 Å². The van der Waals surface area contributed by atoms with E-state index in [0.717, 1.165) is 24.3 Å². The van der Waals surface area contributed by atoms with Gasteiger partial charge >= 0.3 is 0 Å². The Morgan fingerprint density at radius 3 is 2.40 bits per heavy atom. The Balaban J connectivity index is 2.16. The topological polar surface area (TPSA) is 29.3 Å². The Bertz CT molecular complexity index is 549. The highest BCUT2D eigenvalue weighted by Gasteiger charge is 2.15. The average Bonchev–Trinajstić information content (AvgIpc) is 2.48. The Kier molecular flexibility index (Phi) is 4.80. The summed E-state index contributed by atoms with van der Waals surface area (Å²) in [6, 6.07) is 17.4. The number of anilines is 1. The predicted octanol–water partition coefficient (Wildman–Crippen LogP) is 4.16. The molecule has 0 fully saturated rings. The van der Waals surface area contributed by atoms with Gasteiger partial charge in [0.05, 0.1) is 0 Å². The van der Waals surface area contributed by atoms with Gasteiger partial charge in [-0.15, -0.1) is 0 Å². The number of nitrogens with zero attached hydrogens (tertiary/aromatic N) is 1. The van der Waals surface area contributed by atoms with Crippen LogP contribution in [-0.2, 0) is 6.54 Å². The summed E-state index contributed by atoms with van der Waals surface area (Å²) in [4.78, 5) is 2.46. The lowest BCUT2D eigenvalue weighted by molar-refractivity contribution is 0.213. The van der Waals surface area contributed by atoms with Crippen molar-refractivity contribution < 1.29 is 0 Å². The minimum Gasteiger partial charge on any atom is -0.399 e. The Morgan fingerprint density at radius 2 is 1.80 bits per heavy atom. The summed E-state index contributed by atoms with van der Waals surface area (Å²) < 4.78 is 0. The number of hydrogen-bond donors (Lipinski definition) is 1. The standard InChI is InChI=1S/C18H24N2/c1-4-20(13-16-8-6-5-7-9-16)15(3)17-11-10-14(2)18(19)12-17/h5-12,15H,4,13,19H2,1-3H3. The quantitative estimate of drug-likeness (QED) is 0.825. The molecule has 1 unspecified atom stereocenters. The highest BCUT2D eigenvalue weighted by atomic mass is 15.1. The molecule has 0 aromatic heterocycles. The van der Waals surface area contributed by atoms with Crippen LogP contribution in [0, 0.1) is 6.92 Å². The molecule has 0 spiro atoms. The van der Waals surface area contributed by atoms with Gasteiger partial charge in [0.2, 0.25) is 0 Å². The van der Waals surface area contributed by atoms with Crippen molar-refractivity contribution in [1.29, 1.82) is 0 Å². The molecule has 0 radical (unpaired) electrons. The fourth-order valence-corrected chi connectivity index (χ4v) is 2.47. The van der Waals surface area contributed by atoms with Gasteiger partial charge in [0, 0.05) is 18.3 Å². The normalized spacial score (nSPS) is 12.6. The van der Waals surface area contributed by atoms with Gasteiger partial charge in [-0.1, -0.05) is 49.4 Å². The van der Waals surface area contributed by atoms with E-state index in [2.05, 4.69) is 67.3 Å². The fourth-order valence-electron chi connectivity index (χ4n) is 2.47. The van der Waals surface area contributed by atoms with Crippen LogP contribution in [0.2, 0.25) is 0 Å². The molecule has 2 heteroatoms. The highest BCUT2D eigenvalue weighted by Crippen LogP contribution is 2.25. The second-order valence-corrected chi connectivity index (χ2v) is 5.34. The van der Waals surface area contributed by atoms with Gasteiger partial charge in [0.15, 0.2) is 0 Å². The van der Waals surface area contributed by atoms with E-state index in [-0.39, 0.29) is 0 Å². The number of rotatable bonds is 5. The molecule has 0 aliphatic rings. The van der Waals surface area contributed by atoms with Crippen molar-refractivity contribution in [3.8, 4) is 0 Å². The predicted molar refractivity (Wildman–Crippen MR) is 86.5 cm³/mol. The van der Waals surface area contributed by atoms with E-state index in [1.165, 1.54) is 11.1 Å². The summed E-state index contributed by atoms with van der Waals surface area (Å²) in [6.45, 7) is 8.48.